The monoisotopic (exact) mass is 474 g/mol. The van der Waals surface area contributed by atoms with E-state index in [1.54, 1.807) is 0 Å². The summed E-state index contributed by atoms with van der Waals surface area (Å²) in [5.41, 5.74) is 6.59. The van der Waals surface area contributed by atoms with Crippen molar-refractivity contribution in [2.75, 3.05) is 11.4 Å². The maximum Gasteiger partial charge on any atom is 0.223 e. The number of carbonyl (C=O) groups excluding carboxylic acids is 1. The standard InChI is InChI=1S/C31H30N4O/c1-22-13-15-23(16-14-22)27-21-25(35(33-27)24-9-5-4-6-10-24)17-19-31-30(2,3)26-11-7-8-12-28(26)34(31)20-18-29(36)32-31/h4-17,19,21H,18,20H2,1-3H3,(H,32,36). The molecule has 2 aliphatic heterocycles. The minimum atomic E-state index is -0.665. The van der Waals surface area contributed by atoms with E-state index in [2.05, 4.69) is 110 Å². The van der Waals surface area contributed by atoms with E-state index in [9.17, 15) is 4.79 Å². The summed E-state index contributed by atoms with van der Waals surface area (Å²) >= 11 is 0. The Kier molecular flexibility index (Phi) is 5.11. The van der Waals surface area contributed by atoms with E-state index in [4.69, 9.17) is 5.10 Å². The first-order valence-corrected chi connectivity index (χ1v) is 12.5. The summed E-state index contributed by atoms with van der Waals surface area (Å²) < 4.78 is 1.98. The molecule has 180 valence electrons. The number of carbonyl (C=O) groups is 1. The van der Waals surface area contributed by atoms with Crippen LogP contribution < -0.4 is 10.2 Å². The molecule has 1 fully saturated rings. The van der Waals surface area contributed by atoms with E-state index in [0.29, 0.717) is 13.0 Å². The van der Waals surface area contributed by atoms with Crippen LogP contribution in [0.1, 0.15) is 37.1 Å². The molecule has 0 aliphatic carbocycles. The van der Waals surface area contributed by atoms with Crippen molar-refractivity contribution in [2.24, 2.45) is 0 Å². The lowest BCUT2D eigenvalue weighted by Crippen LogP contribution is -2.68. The highest BCUT2D eigenvalue weighted by atomic mass is 16.2. The van der Waals surface area contributed by atoms with Gasteiger partial charge in [-0.1, -0.05) is 80.1 Å². The Morgan fingerprint density at radius 2 is 1.67 bits per heavy atom. The number of aromatic nitrogens is 2. The molecule has 3 aromatic carbocycles. The first kappa shape index (κ1) is 22.4. The molecule has 1 saturated heterocycles. The fourth-order valence-electron chi connectivity index (χ4n) is 5.68. The molecule has 1 unspecified atom stereocenters. The van der Waals surface area contributed by atoms with Gasteiger partial charge in [0.15, 0.2) is 0 Å². The predicted octanol–water partition coefficient (Wildman–Crippen LogP) is 5.87. The van der Waals surface area contributed by atoms with Crippen LogP contribution in [0, 0.1) is 6.92 Å². The van der Waals surface area contributed by atoms with Crippen molar-refractivity contribution in [3.8, 4) is 16.9 Å². The number of fused-ring (bicyclic) bond motifs is 3. The van der Waals surface area contributed by atoms with Crippen molar-refractivity contribution < 1.29 is 4.79 Å². The summed E-state index contributed by atoms with van der Waals surface area (Å²) in [6, 6.07) is 29.2. The third-order valence-electron chi connectivity index (χ3n) is 7.72. The number of hydrogen-bond acceptors (Lipinski definition) is 3. The second kappa shape index (κ2) is 8.23. The summed E-state index contributed by atoms with van der Waals surface area (Å²) in [6.07, 6.45) is 4.77. The van der Waals surface area contributed by atoms with Crippen LogP contribution in [0.2, 0.25) is 0 Å². The number of benzene rings is 3. The number of amides is 1. The molecule has 5 heteroatoms. The van der Waals surface area contributed by atoms with Crippen LogP contribution in [-0.4, -0.2) is 27.9 Å². The Hall–Kier alpha value is -4.12. The molecular weight excluding hydrogens is 444 g/mol. The molecule has 3 heterocycles. The first-order valence-electron chi connectivity index (χ1n) is 12.5. The average molecular weight is 475 g/mol. The Labute approximate surface area is 212 Å². The molecule has 0 saturated carbocycles. The zero-order chi connectivity index (χ0) is 24.9. The van der Waals surface area contributed by atoms with Crippen LogP contribution in [0.3, 0.4) is 0 Å². The zero-order valence-corrected chi connectivity index (χ0v) is 20.9. The Bertz CT molecular complexity index is 1470. The van der Waals surface area contributed by atoms with Crippen LogP contribution in [-0.2, 0) is 10.2 Å². The third-order valence-corrected chi connectivity index (χ3v) is 7.72. The van der Waals surface area contributed by atoms with Crippen molar-refractivity contribution >= 4 is 17.7 Å². The molecule has 4 aromatic rings. The molecule has 1 amide bonds. The van der Waals surface area contributed by atoms with Crippen LogP contribution >= 0.6 is 0 Å². The van der Waals surface area contributed by atoms with E-state index in [1.165, 1.54) is 16.8 Å². The van der Waals surface area contributed by atoms with Crippen LogP contribution in [0.25, 0.3) is 23.0 Å². The second-order valence-electron chi connectivity index (χ2n) is 10.3. The highest BCUT2D eigenvalue weighted by Gasteiger charge is 2.57. The predicted molar refractivity (Wildman–Crippen MR) is 145 cm³/mol. The number of nitrogens with one attached hydrogen (secondary N) is 1. The number of anilines is 1. The topological polar surface area (TPSA) is 50.2 Å². The number of rotatable bonds is 4. The van der Waals surface area contributed by atoms with Gasteiger partial charge in [-0.2, -0.15) is 5.10 Å². The van der Waals surface area contributed by atoms with Gasteiger partial charge in [0.25, 0.3) is 0 Å². The average Bonchev–Trinajstić information content (AvgIpc) is 3.40. The summed E-state index contributed by atoms with van der Waals surface area (Å²) in [5, 5.41) is 8.36. The van der Waals surface area contributed by atoms with Crippen molar-refractivity contribution in [1.82, 2.24) is 15.1 Å². The molecular formula is C31H30N4O. The quantitative estimate of drug-likeness (QED) is 0.402. The fraction of sp³-hybridized carbons (Fsp3) is 0.226. The van der Waals surface area contributed by atoms with Crippen LogP contribution in [0.15, 0.2) is 91.0 Å². The maximum atomic E-state index is 12.8. The SMILES string of the molecule is Cc1ccc(-c2cc(C=CC34NC(=O)CCN3c3ccccc3C4(C)C)n(-c3ccccc3)n2)cc1. The summed E-state index contributed by atoms with van der Waals surface area (Å²) in [6.45, 7) is 7.20. The molecule has 0 bridgehead atoms. The van der Waals surface area contributed by atoms with E-state index in [1.807, 2.05) is 22.9 Å². The molecule has 2 aliphatic rings. The van der Waals surface area contributed by atoms with Gasteiger partial charge in [0, 0.05) is 29.6 Å². The highest BCUT2D eigenvalue weighted by molar-refractivity contribution is 5.84. The van der Waals surface area contributed by atoms with E-state index < -0.39 is 5.66 Å². The zero-order valence-electron chi connectivity index (χ0n) is 20.9. The van der Waals surface area contributed by atoms with Gasteiger partial charge in [0.1, 0.15) is 5.66 Å². The molecule has 1 N–H and O–H groups in total. The summed E-state index contributed by atoms with van der Waals surface area (Å²) in [5.74, 6) is 0.0775. The van der Waals surface area contributed by atoms with Crippen molar-refractivity contribution in [1.29, 1.82) is 0 Å². The molecule has 1 aromatic heterocycles. The number of para-hydroxylation sites is 2. The van der Waals surface area contributed by atoms with Gasteiger partial charge in [-0.05, 0) is 48.9 Å². The Morgan fingerprint density at radius 1 is 0.944 bits per heavy atom. The number of aryl methyl sites for hydroxylation is 1. The van der Waals surface area contributed by atoms with Crippen LogP contribution in [0.4, 0.5) is 5.69 Å². The minimum absolute atomic E-state index is 0.0775. The van der Waals surface area contributed by atoms with Gasteiger partial charge in [0.05, 0.1) is 17.1 Å². The van der Waals surface area contributed by atoms with Crippen LogP contribution in [0.5, 0.6) is 0 Å². The lowest BCUT2D eigenvalue weighted by Gasteiger charge is -2.49. The molecule has 6 rings (SSSR count). The molecule has 0 radical (unpaired) electrons. The Morgan fingerprint density at radius 3 is 2.44 bits per heavy atom. The van der Waals surface area contributed by atoms with Gasteiger partial charge < -0.3 is 10.2 Å². The van der Waals surface area contributed by atoms with Gasteiger partial charge in [-0.25, -0.2) is 4.68 Å². The maximum absolute atomic E-state index is 12.8. The van der Waals surface area contributed by atoms with Gasteiger partial charge in [-0.3, -0.25) is 4.79 Å². The number of nitrogens with zero attached hydrogens (tertiary/aromatic N) is 3. The third kappa shape index (κ3) is 3.38. The second-order valence-corrected chi connectivity index (χ2v) is 10.3. The van der Waals surface area contributed by atoms with Crippen molar-refractivity contribution in [2.45, 2.75) is 38.3 Å². The molecule has 1 atom stereocenters. The van der Waals surface area contributed by atoms with E-state index in [-0.39, 0.29) is 11.3 Å². The lowest BCUT2D eigenvalue weighted by atomic mass is 9.74. The highest BCUT2D eigenvalue weighted by Crippen LogP contribution is 2.52. The van der Waals surface area contributed by atoms with E-state index in [0.717, 1.165) is 22.6 Å². The molecule has 0 spiro atoms. The largest absolute Gasteiger partial charge is 0.344 e. The molecule has 5 nitrogen and oxygen atoms in total. The van der Waals surface area contributed by atoms with E-state index >= 15 is 0 Å². The van der Waals surface area contributed by atoms with Gasteiger partial charge in [0.2, 0.25) is 5.91 Å². The molecule has 36 heavy (non-hydrogen) atoms. The lowest BCUT2D eigenvalue weighted by molar-refractivity contribution is -0.124. The normalized spacial score (nSPS) is 20.3. The summed E-state index contributed by atoms with van der Waals surface area (Å²) in [4.78, 5) is 15.1. The summed E-state index contributed by atoms with van der Waals surface area (Å²) in [7, 11) is 0. The minimum Gasteiger partial charge on any atom is -0.344 e. The Balaban J connectivity index is 1.49. The first-order chi connectivity index (χ1) is 17.4. The van der Waals surface area contributed by atoms with Gasteiger partial charge in [-0.15, -0.1) is 0 Å². The fourth-order valence-corrected chi connectivity index (χ4v) is 5.68. The smallest absolute Gasteiger partial charge is 0.223 e. The van der Waals surface area contributed by atoms with Gasteiger partial charge >= 0.3 is 0 Å². The number of hydrogen-bond donors (Lipinski definition) is 1. The van der Waals surface area contributed by atoms with Crippen molar-refractivity contribution in [3.63, 3.8) is 0 Å². The van der Waals surface area contributed by atoms with Crippen molar-refractivity contribution in [3.05, 3.63) is 108 Å².